The maximum Gasteiger partial charge on any atom is 0.417 e. The number of ether oxygens (including phenoxy) is 1. The number of benzene rings is 1. The van der Waals surface area contributed by atoms with E-state index in [0.29, 0.717) is 17.9 Å². The summed E-state index contributed by atoms with van der Waals surface area (Å²) in [5, 5.41) is 0. The van der Waals surface area contributed by atoms with Crippen molar-refractivity contribution >= 4 is 10.0 Å². The zero-order valence-corrected chi connectivity index (χ0v) is 16.0. The summed E-state index contributed by atoms with van der Waals surface area (Å²) in [6, 6.07) is 7.06. The average Bonchev–Trinajstić information content (AvgIpc) is 3.08. The zero-order chi connectivity index (χ0) is 20.7. The number of nitrogens with zero attached hydrogens (tertiary/aromatic N) is 2. The molecule has 1 fully saturated rings. The summed E-state index contributed by atoms with van der Waals surface area (Å²) in [7, 11) is -2.72. The number of aromatic nitrogens is 1. The molecule has 0 amide bonds. The minimum atomic E-state index is -4.78. The van der Waals surface area contributed by atoms with Crippen LogP contribution in [-0.4, -0.2) is 36.5 Å². The summed E-state index contributed by atoms with van der Waals surface area (Å²) in [5.41, 5.74) is -0.790. The third-order valence-corrected chi connectivity index (χ3v) is 6.62. The fourth-order valence-electron chi connectivity index (χ4n) is 3.07. The molecular formula is C18H19F3N2O4S. The third kappa shape index (κ3) is 3.93. The Morgan fingerprint density at radius 1 is 1.18 bits per heavy atom. The minimum Gasteiger partial charge on any atom is -0.489 e. The lowest BCUT2D eigenvalue weighted by Crippen LogP contribution is -2.32. The van der Waals surface area contributed by atoms with Gasteiger partial charge in [0.1, 0.15) is 11.9 Å². The molecule has 1 atom stereocenters. The lowest BCUT2D eigenvalue weighted by molar-refractivity contribution is -0.139. The second kappa shape index (κ2) is 7.25. The predicted octanol–water partition coefficient (Wildman–Crippen LogP) is 2.55. The summed E-state index contributed by atoms with van der Waals surface area (Å²) in [5.74, 6) is 0.306. The number of aryl methyl sites for hydroxylation is 1. The van der Waals surface area contributed by atoms with Crippen LogP contribution in [0.5, 0.6) is 5.75 Å². The fraction of sp³-hybridized carbons (Fsp3) is 0.389. The van der Waals surface area contributed by atoms with Gasteiger partial charge in [0.2, 0.25) is 10.0 Å². The van der Waals surface area contributed by atoms with Gasteiger partial charge in [-0.1, -0.05) is 12.1 Å². The first-order valence-electron chi connectivity index (χ1n) is 8.51. The molecule has 10 heteroatoms. The average molecular weight is 416 g/mol. The van der Waals surface area contributed by atoms with Crippen molar-refractivity contribution in [2.75, 3.05) is 13.1 Å². The van der Waals surface area contributed by atoms with Crippen molar-refractivity contribution in [3.8, 4) is 5.75 Å². The van der Waals surface area contributed by atoms with Gasteiger partial charge >= 0.3 is 6.18 Å². The van der Waals surface area contributed by atoms with Gasteiger partial charge in [-0.15, -0.1) is 0 Å². The van der Waals surface area contributed by atoms with Crippen molar-refractivity contribution in [3.63, 3.8) is 0 Å². The highest BCUT2D eigenvalue weighted by molar-refractivity contribution is 7.89. The van der Waals surface area contributed by atoms with Crippen LogP contribution in [0.3, 0.4) is 0 Å². The molecule has 152 valence electrons. The van der Waals surface area contributed by atoms with Crippen LogP contribution in [0.25, 0.3) is 0 Å². The number of halogens is 3. The predicted molar refractivity (Wildman–Crippen MR) is 95.7 cm³/mol. The van der Waals surface area contributed by atoms with E-state index in [0.717, 1.165) is 22.5 Å². The Bertz CT molecular complexity index is 1050. The van der Waals surface area contributed by atoms with Crippen molar-refractivity contribution in [1.29, 1.82) is 0 Å². The molecule has 1 unspecified atom stereocenters. The highest BCUT2D eigenvalue weighted by atomic mass is 32.2. The van der Waals surface area contributed by atoms with Gasteiger partial charge < -0.3 is 9.30 Å². The molecule has 1 saturated heterocycles. The molecule has 6 nitrogen and oxygen atoms in total. The van der Waals surface area contributed by atoms with Crippen molar-refractivity contribution in [1.82, 2.24) is 8.87 Å². The maximum absolute atomic E-state index is 13.2. The van der Waals surface area contributed by atoms with Gasteiger partial charge in [0, 0.05) is 25.4 Å². The molecule has 3 rings (SSSR count). The molecule has 2 aromatic rings. The summed E-state index contributed by atoms with van der Waals surface area (Å²) in [4.78, 5) is 11.1. The largest absolute Gasteiger partial charge is 0.489 e. The lowest BCUT2D eigenvalue weighted by atomic mass is 10.2. The monoisotopic (exact) mass is 416 g/mol. The molecule has 1 aromatic heterocycles. The van der Waals surface area contributed by atoms with E-state index < -0.39 is 32.8 Å². The van der Waals surface area contributed by atoms with Crippen LogP contribution >= 0.6 is 0 Å². The first-order valence-corrected chi connectivity index (χ1v) is 9.95. The van der Waals surface area contributed by atoms with Gasteiger partial charge in [-0.05, 0) is 31.5 Å². The molecule has 0 N–H and O–H groups in total. The summed E-state index contributed by atoms with van der Waals surface area (Å²) in [6.45, 7) is 1.67. The van der Waals surface area contributed by atoms with Gasteiger partial charge in [-0.3, -0.25) is 4.79 Å². The van der Waals surface area contributed by atoms with Gasteiger partial charge in [-0.2, -0.15) is 17.5 Å². The molecule has 0 aliphatic carbocycles. The van der Waals surface area contributed by atoms with E-state index >= 15 is 0 Å². The SMILES string of the molecule is Cc1cc(OC2CCN(S(=O)(=O)c3ccccc3C(F)(F)F)C2)cc(=O)n1C. The second-order valence-electron chi connectivity index (χ2n) is 6.62. The second-order valence-corrected chi connectivity index (χ2v) is 8.52. The minimum absolute atomic E-state index is 0.0308. The Balaban J connectivity index is 1.81. The molecule has 0 spiro atoms. The van der Waals surface area contributed by atoms with Gasteiger partial charge in [-0.25, -0.2) is 8.42 Å². The van der Waals surface area contributed by atoms with Crippen molar-refractivity contribution in [2.24, 2.45) is 7.05 Å². The number of rotatable bonds is 4. The van der Waals surface area contributed by atoms with Crippen LogP contribution in [0.4, 0.5) is 13.2 Å². The van der Waals surface area contributed by atoms with Gasteiger partial charge in [0.25, 0.3) is 5.56 Å². The van der Waals surface area contributed by atoms with Crippen molar-refractivity contribution in [2.45, 2.75) is 30.5 Å². The lowest BCUT2D eigenvalue weighted by Gasteiger charge is -2.20. The smallest absolute Gasteiger partial charge is 0.417 e. The Kier molecular flexibility index (Phi) is 5.28. The Hall–Kier alpha value is -2.33. The number of alkyl halides is 3. The number of pyridine rings is 1. The first kappa shape index (κ1) is 20.4. The molecule has 28 heavy (non-hydrogen) atoms. The normalized spacial score (nSPS) is 18.4. The Morgan fingerprint density at radius 3 is 2.50 bits per heavy atom. The molecule has 1 aromatic carbocycles. The Labute approximate surface area is 160 Å². The quantitative estimate of drug-likeness (QED) is 0.768. The van der Waals surface area contributed by atoms with Crippen LogP contribution in [-0.2, 0) is 23.2 Å². The van der Waals surface area contributed by atoms with Crippen LogP contribution in [0.1, 0.15) is 17.7 Å². The maximum atomic E-state index is 13.2. The summed E-state index contributed by atoms with van der Waals surface area (Å²) >= 11 is 0. The van der Waals surface area contributed by atoms with E-state index in [2.05, 4.69) is 0 Å². The van der Waals surface area contributed by atoms with Crippen LogP contribution in [0.15, 0.2) is 46.1 Å². The molecule has 0 saturated carbocycles. The van der Waals surface area contributed by atoms with Gasteiger partial charge in [0.15, 0.2) is 0 Å². The molecule has 1 aliphatic heterocycles. The summed E-state index contributed by atoms with van der Waals surface area (Å²) < 4.78 is 73.3. The number of hydrogen-bond acceptors (Lipinski definition) is 4. The molecule has 0 radical (unpaired) electrons. The van der Waals surface area contributed by atoms with Crippen LogP contribution in [0.2, 0.25) is 0 Å². The topological polar surface area (TPSA) is 68.6 Å². The van der Waals surface area contributed by atoms with Gasteiger partial charge in [0.05, 0.1) is 17.0 Å². The number of sulfonamides is 1. The van der Waals surface area contributed by atoms with Crippen LogP contribution in [0, 0.1) is 6.92 Å². The van der Waals surface area contributed by atoms with Crippen LogP contribution < -0.4 is 10.3 Å². The van der Waals surface area contributed by atoms with E-state index in [1.165, 1.54) is 16.7 Å². The fourth-order valence-corrected chi connectivity index (χ4v) is 4.77. The Morgan fingerprint density at radius 2 is 1.86 bits per heavy atom. The van der Waals surface area contributed by atoms with E-state index in [-0.39, 0.29) is 18.6 Å². The molecule has 0 bridgehead atoms. The van der Waals surface area contributed by atoms with Crippen molar-refractivity contribution < 1.29 is 26.3 Å². The molecular weight excluding hydrogens is 397 g/mol. The highest BCUT2D eigenvalue weighted by Crippen LogP contribution is 2.36. The first-order chi connectivity index (χ1) is 13.0. The molecule has 1 aliphatic rings. The van der Waals surface area contributed by atoms with Crippen molar-refractivity contribution in [3.05, 3.63) is 58.0 Å². The molecule has 2 heterocycles. The summed E-state index contributed by atoms with van der Waals surface area (Å²) in [6.07, 6.45) is -5.03. The standard InChI is InChI=1S/C18H19F3N2O4S/c1-12-9-14(10-17(24)22(12)2)27-13-7-8-23(11-13)28(25,26)16-6-4-3-5-15(16)18(19,20)21/h3-6,9-10,13H,7-8,11H2,1-2H3. The van der Waals surface area contributed by atoms with E-state index in [1.807, 2.05) is 0 Å². The van der Waals surface area contributed by atoms with E-state index in [1.54, 1.807) is 20.0 Å². The number of hydrogen-bond donors (Lipinski definition) is 0. The zero-order valence-electron chi connectivity index (χ0n) is 15.2. The third-order valence-electron chi connectivity index (χ3n) is 4.70. The van der Waals surface area contributed by atoms with E-state index in [4.69, 9.17) is 4.74 Å². The highest BCUT2D eigenvalue weighted by Gasteiger charge is 2.41. The van der Waals surface area contributed by atoms with E-state index in [9.17, 15) is 26.4 Å².